The lowest BCUT2D eigenvalue weighted by molar-refractivity contribution is -0.143. The van der Waals surface area contributed by atoms with E-state index in [1.807, 2.05) is 0 Å². The summed E-state index contributed by atoms with van der Waals surface area (Å²) in [5.41, 5.74) is 5.22. The number of hydrogen-bond acceptors (Lipinski definition) is 4. The summed E-state index contributed by atoms with van der Waals surface area (Å²) in [5, 5.41) is 0. The Morgan fingerprint density at radius 3 is 2.11 bits per heavy atom. The van der Waals surface area contributed by atoms with Gasteiger partial charge in [0.05, 0.1) is 13.0 Å². The summed E-state index contributed by atoms with van der Waals surface area (Å²) in [6, 6.07) is 0. The number of esters is 1. The van der Waals surface area contributed by atoms with Crippen molar-refractivity contribution in [1.82, 2.24) is 4.90 Å². The van der Waals surface area contributed by atoms with Crippen molar-refractivity contribution in [3.05, 3.63) is 0 Å². The van der Waals surface area contributed by atoms with E-state index < -0.39 is 0 Å². The normalized spacial score (nSPS) is 9.56. The molecule has 0 saturated heterocycles. The number of nitrogens with zero attached hydrogens (tertiary/aromatic N) is 1. The van der Waals surface area contributed by atoms with Crippen molar-refractivity contribution < 1.29 is 9.53 Å². The third kappa shape index (κ3) is 14.6. The molecule has 0 aromatic heterocycles. The summed E-state index contributed by atoms with van der Waals surface area (Å²) in [7, 11) is 0. The molecule has 112 valence electrons. The molecule has 0 amide bonds. The molecule has 0 aromatic carbocycles. The highest BCUT2D eigenvalue weighted by atomic mass is 35.5. The van der Waals surface area contributed by atoms with Gasteiger partial charge in [0.25, 0.3) is 0 Å². The van der Waals surface area contributed by atoms with E-state index in [0.29, 0.717) is 24.9 Å². The molecule has 0 aliphatic heterocycles. The van der Waals surface area contributed by atoms with Gasteiger partial charge in [-0.25, -0.2) is 0 Å². The van der Waals surface area contributed by atoms with Crippen molar-refractivity contribution in [2.24, 2.45) is 5.73 Å². The minimum absolute atomic E-state index is 0. The zero-order valence-electron chi connectivity index (χ0n) is 10.3. The molecule has 0 aromatic rings. The van der Waals surface area contributed by atoms with Gasteiger partial charge in [-0.3, -0.25) is 4.79 Å². The van der Waals surface area contributed by atoms with Crippen molar-refractivity contribution in [2.45, 2.75) is 12.8 Å². The van der Waals surface area contributed by atoms with Gasteiger partial charge in [0, 0.05) is 37.9 Å². The predicted molar refractivity (Wildman–Crippen MR) is 81.6 cm³/mol. The average molecular weight is 344 g/mol. The Labute approximate surface area is 131 Å². The lowest BCUT2D eigenvalue weighted by Crippen LogP contribution is -2.29. The van der Waals surface area contributed by atoms with Crippen LogP contribution >= 0.6 is 48.0 Å². The van der Waals surface area contributed by atoms with E-state index in [2.05, 4.69) is 4.90 Å². The molecule has 0 aliphatic rings. The molecule has 0 heterocycles. The van der Waals surface area contributed by atoms with E-state index in [1.165, 1.54) is 0 Å². The number of rotatable bonds is 10. The Hall–Kier alpha value is 0.550. The van der Waals surface area contributed by atoms with Crippen molar-refractivity contribution >= 4 is 54.0 Å². The third-order valence-electron chi connectivity index (χ3n) is 2.03. The van der Waals surface area contributed by atoms with Crippen LogP contribution in [0.1, 0.15) is 12.8 Å². The molecule has 0 bridgehead atoms. The van der Waals surface area contributed by atoms with E-state index in [0.717, 1.165) is 26.1 Å². The van der Waals surface area contributed by atoms with Gasteiger partial charge in [0.2, 0.25) is 0 Å². The maximum atomic E-state index is 11.0. The van der Waals surface area contributed by atoms with E-state index in [4.69, 9.17) is 33.7 Å². The smallest absolute Gasteiger partial charge is 0.307 e. The highest BCUT2D eigenvalue weighted by Gasteiger charge is 2.04. The maximum absolute atomic E-state index is 11.0. The summed E-state index contributed by atoms with van der Waals surface area (Å²) in [5.74, 6) is 0.942. The second-order valence-corrected chi connectivity index (χ2v) is 4.09. The number of carbonyl (C=O) groups is 1. The molecule has 18 heavy (non-hydrogen) atoms. The molecule has 0 rings (SSSR count). The highest BCUT2D eigenvalue weighted by Crippen LogP contribution is 1.96. The molecule has 0 radical (unpaired) electrons. The average Bonchev–Trinajstić information content (AvgIpc) is 2.25. The zero-order valence-corrected chi connectivity index (χ0v) is 13.4. The quantitative estimate of drug-likeness (QED) is 0.374. The molecule has 0 fully saturated rings. The number of halogens is 4. The van der Waals surface area contributed by atoms with Crippen LogP contribution in [0.3, 0.4) is 0 Å². The van der Waals surface area contributed by atoms with Crippen molar-refractivity contribution in [2.75, 3.05) is 44.5 Å². The first-order valence-corrected chi connectivity index (χ1v) is 6.51. The Balaban J connectivity index is -0.00000112. The SMILES string of the molecule is Cl.Cl.NCCC(=O)OCCCN(CCCl)CCCl. The van der Waals surface area contributed by atoms with E-state index in [-0.39, 0.29) is 37.2 Å². The highest BCUT2D eigenvalue weighted by molar-refractivity contribution is 6.18. The number of carbonyl (C=O) groups excluding carboxylic acids is 1. The van der Waals surface area contributed by atoms with Gasteiger partial charge in [0.1, 0.15) is 0 Å². The zero-order chi connectivity index (χ0) is 12.2. The predicted octanol–water partition coefficient (Wildman–Crippen LogP) is 1.89. The molecule has 0 unspecified atom stereocenters. The van der Waals surface area contributed by atoms with E-state index in [9.17, 15) is 4.79 Å². The van der Waals surface area contributed by atoms with Crippen molar-refractivity contribution in [3.63, 3.8) is 0 Å². The molecule has 0 saturated carbocycles. The summed E-state index contributed by atoms with van der Waals surface area (Å²) in [6.45, 7) is 3.23. The van der Waals surface area contributed by atoms with Crippen LogP contribution < -0.4 is 5.73 Å². The topological polar surface area (TPSA) is 55.6 Å². The lowest BCUT2D eigenvalue weighted by atomic mass is 10.4. The van der Waals surface area contributed by atoms with Crippen LogP contribution in [0.2, 0.25) is 0 Å². The monoisotopic (exact) mass is 342 g/mol. The molecule has 0 atom stereocenters. The second-order valence-electron chi connectivity index (χ2n) is 3.33. The van der Waals surface area contributed by atoms with Gasteiger partial charge in [-0.2, -0.15) is 0 Å². The molecule has 4 nitrogen and oxygen atoms in total. The summed E-state index contributed by atoms with van der Waals surface area (Å²) in [4.78, 5) is 13.1. The van der Waals surface area contributed by atoms with Crippen LogP contribution in [0.5, 0.6) is 0 Å². The largest absolute Gasteiger partial charge is 0.466 e. The standard InChI is InChI=1S/C10H20Cl2N2O2.2ClH/c11-3-7-14(8-4-12)6-1-9-16-10(15)2-5-13;;/h1-9,13H2;2*1H. The molecule has 2 N–H and O–H groups in total. The number of alkyl halides is 2. The minimum atomic E-state index is -0.233. The van der Waals surface area contributed by atoms with Crippen LogP contribution in [-0.2, 0) is 9.53 Å². The summed E-state index contributed by atoms with van der Waals surface area (Å²) in [6.07, 6.45) is 1.08. The fourth-order valence-electron chi connectivity index (χ4n) is 1.24. The van der Waals surface area contributed by atoms with Crippen molar-refractivity contribution in [3.8, 4) is 0 Å². The number of hydrogen-bond donors (Lipinski definition) is 1. The van der Waals surface area contributed by atoms with Gasteiger partial charge in [-0.15, -0.1) is 48.0 Å². The fourth-order valence-corrected chi connectivity index (χ4v) is 1.72. The van der Waals surface area contributed by atoms with Gasteiger partial charge >= 0.3 is 5.97 Å². The Kier molecular flexibility index (Phi) is 23.0. The van der Waals surface area contributed by atoms with Crippen LogP contribution in [0, 0.1) is 0 Å². The molecular weight excluding hydrogens is 322 g/mol. The molecule has 8 heteroatoms. The fraction of sp³-hybridized carbons (Fsp3) is 0.900. The van der Waals surface area contributed by atoms with Gasteiger partial charge in [-0.1, -0.05) is 0 Å². The Morgan fingerprint density at radius 1 is 1.11 bits per heavy atom. The van der Waals surface area contributed by atoms with Crippen LogP contribution in [0.4, 0.5) is 0 Å². The van der Waals surface area contributed by atoms with Gasteiger partial charge in [0.15, 0.2) is 0 Å². The minimum Gasteiger partial charge on any atom is -0.466 e. The van der Waals surface area contributed by atoms with Crippen LogP contribution in [0.15, 0.2) is 0 Å². The van der Waals surface area contributed by atoms with E-state index >= 15 is 0 Å². The summed E-state index contributed by atoms with van der Waals surface area (Å²) < 4.78 is 4.98. The lowest BCUT2D eigenvalue weighted by Gasteiger charge is -2.19. The van der Waals surface area contributed by atoms with Crippen LogP contribution in [0.25, 0.3) is 0 Å². The number of ether oxygens (including phenoxy) is 1. The molecule has 0 aliphatic carbocycles. The van der Waals surface area contributed by atoms with Crippen LogP contribution in [-0.4, -0.2) is 55.4 Å². The van der Waals surface area contributed by atoms with E-state index in [1.54, 1.807) is 0 Å². The number of nitrogens with two attached hydrogens (primary N) is 1. The third-order valence-corrected chi connectivity index (χ3v) is 2.37. The molecule has 0 spiro atoms. The Bertz CT molecular complexity index is 181. The van der Waals surface area contributed by atoms with Gasteiger partial charge < -0.3 is 15.4 Å². The van der Waals surface area contributed by atoms with Crippen molar-refractivity contribution in [1.29, 1.82) is 0 Å². The first-order chi connectivity index (χ1) is 7.74. The first kappa shape index (κ1) is 23.6. The summed E-state index contributed by atoms with van der Waals surface area (Å²) >= 11 is 11.3. The Morgan fingerprint density at radius 2 is 1.67 bits per heavy atom. The maximum Gasteiger partial charge on any atom is 0.307 e. The first-order valence-electron chi connectivity index (χ1n) is 5.44. The second kappa shape index (κ2) is 17.6. The van der Waals surface area contributed by atoms with Gasteiger partial charge in [-0.05, 0) is 6.42 Å². The molecular formula is C10H22Cl4N2O2.